The first-order chi connectivity index (χ1) is 18.7. The second-order valence-electron chi connectivity index (χ2n) is 8.50. The summed E-state index contributed by atoms with van der Waals surface area (Å²) in [5.41, 5.74) is 0.802. The van der Waals surface area contributed by atoms with Gasteiger partial charge >= 0.3 is 5.97 Å². The van der Waals surface area contributed by atoms with Crippen molar-refractivity contribution >= 4 is 17.5 Å². The molecule has 39 heavy (non-hydrogen) atoms. The molecule has 0 saturated heterocycles. The van der Waals surface area contributed by atoms with E-state index in [9.17, 15) is 34.8 Å². The van der Waals surface area contributed by atoms with Crippen LogP contribution in [0.1, 0.15) is 31.8 Å². The minimum absolute atomic E-state index is 0.00157. The van der Waals surface area contributed by atoms with E-state index in [2.05, 4.69) is 0 Å². The fraction of sp³-hybridized carbons (Fsp3) is 0.100. The lowest BCUT2D eigenvalue weighted by atomic mass is 10.0. The topological polar surface area (TPSA) is 151 Å². The molecule has 9 heteroatoms. The predicted molar refractivity (Wildman–Crippen MR) is 140 cm³/mol. The van der Waals surface area contributed by atoms with Gasteiger partial charge in [-0.2, -0.15) is 0 Å². The third-order valence-corrected chi connectivity index (χ3v) is 5.78. The van der Waals surface area contributed by atoms with Gasteiger partial charge in [-0.25, -0.2) is 4.79 Å². The van der Waals surface area contributed by atoms with Crippen LogP contribution >= 0.6 is 0 Å². The van der Waals surface area contributed by atoms with Gasteiger partial charge in [0.25, 0.3) is 0 Å². The summed E-state index contributed by atoms with van der Waals surface area (Å²) in [6.07, 6.45) is -3.45. The van der Waals surface area contributed by atoms with Crippen LogP contribution in [0.4, 0.5) is 0 Å². The maximum atomic E-state index is 12.6. The van der Waals surface area contributed by atoms with Gasteiger partial charge in [-0.1, -0.05) is 60.7 Å². The Balaban J connectivity index is 1.41. The third kappa shape index (κ3) is 6.41. The van der Waals surface area contributed by atoms with Crippen molar-refractivity contribution in [3.05, 3.63) is 119 Å². The molecule has 4 aromatic carbocycles. The van der Waals surface area contributed by atoms with Gasteiger partial charge < -0.3 is 29.9 Å². The van der Waals surface area contributed by atoms with Crippen LogP contribution in [-0.2, 0) is 4.79 Å². The van der Waals surface area contributed by atoms with E-state index in [1.807, 2.05) is 0 Å². The number of carboxylic acids is 1. The van der Waals surface area contributed by atoms with Gasteiger partial charge in [0.15, 0.2) is 11.6 Å². The maximum absolute atomic E-state index is 12.6. The monoisotopic (exact) mass is 528 g/mol. The largest absolute Gasteiger partial charge is 0.507 e. The number of carboxylic acid groups (broad SMARTS) is 1. The number of benzene rings is 4. The first-order valence-corrected chi connectivity index (χ1v) is 11.8. The fourth-order valence-corrected chi connectivity index (χ4v) is 3.77. The van der Waals surface area contributed by atoms with Gasteiger partial charge in [-0.3, -0.25) is 9.59 Å². The van der Waals surface area contributed by atoms with Crippen LogP contribution in [0, 0.1) is 0 Å². The fourth-order valence-electron chi connectivity index (χ4n) is 3.77. The summed E-state index contributed by atoms with van der Waals surface area (Å²) < 4.78 is 10.8. The molecule has 198 valence electrons. The van der Waals surface area contributed by atoms with E-state index in [0.717, 1.165) is 6.07 Å². The molecule has 0 fully saturated rings. The van der Waals surface area contributed by atoms with E-state index in [4.69, 9.17) is 9.47 Å². The molecule has 0 amide bonds. The second-order valence-corrected chi connectivity index (χ2v) is 8.50. The third-order valence-electron chi connectivity index (χ3n) is 5.78. The Hall–Kier alpha value is -5.15. The number of aromatic hydroxyl groups is 2. The number of aliphatic hydroxyl groups is 1. The van der Waals surface area contributed by atoms with Crippen LogP contribution in [0.2, 0.25) is 0 Å². The molecule has 0 bridgehead atoms. The molecule has 9 nitrogen and oxygen atoms in total. The SMILES string of the molecule is O=C(c1ccccc1)c1ccc(OCC(O)C(Oc2ccc(C(=O)c3ccccc3)c(O)c2)C(=O)O)cc1O. The molecule has 0 heterocycles. The minimum atomic E-state index is -1.78. The lowest BCUT2D eigenvalue weighted by molar-refractivity contribution is -0.151. The Kier molecular flexibility index (Phi) is 8.23. The Labute approximate surface area is 223 Å². The van der Waals surface area contributed by atoms with Gasteiger partial charge in [0, 0.05) is 23.3 Å². The number of carbonyl (C=O) groups excluding carboxylic acids is 2. The van der Waals surface area contributed by atoms with Gasteiger partial charge in [-0.05, 0) is 24.3 Å². The summed E-state index contributed by atoms with van der Waals surface area (Å²) >= 11 is 0. The number of hydrogen-bond donors (Lipinski definition) is 4. The minimum Gasteiger partial charge on any atom is -0.507 e. The van der Waals surface area contributed by atoms with Gasteiger partial charge in [0.05, 0.1) is 11.1 Å². The normalized spacial score (nSPS) is 12.2. The Bertz CT molecular complexity index is 1480. The summed E-state index contributed by atoms with van der Waals surface area (Å²) in [7, 11) is 0. The predicted octanol–water partition coefficient (Wildman–Crippen LogP) is 3.83. The highest BCUT2D eigenvalue weighted by molar-refractivity contribution is 6.11. The molecule has 0 radical (unpaired) electrons. The second kappa shape index (κ2) is 11.9. The smallest absolute Gasteiger partial charge is 0.347 e. The first-order valence-electron chi connectivity index (χ1n) is 11.8. The Morgan fingerprint density at radius 3 is 1.59 bits per heavy atom. The van der Waals surface area contributed by atoms with Crippen LogP contribution in [0.5, 0.6) is 23.0 Å². The van der Waals surface area contributed by atoms with Gasteiger partial charge in [0.2, 0.25) is 6.10 Å². The summed E-state index contributed by atoms with van der Waals surface area (Å²) in [5, 5.41) is 40.7. The highest BCUT2D eigenvalue weighted by Gasteiger charge is 2.30. The molecule has 0 spiro atoms. The van der Waals surface area contributed by atoms with Crippen molar-refractivity contribution in [2.24, 2.45) is 0 Å². The van der Waals surface area contributed by atoms with Gasteiger partial charge in [-0.15, -0.1) is 0 Å². The Morgan fingerprint density at radius 2 is 1.13 bits per heavy atom. The highest BCUT2D eigenvalue weighted by atomic mass is 16.5. The number of phenols is 2. The molecule has 0 aliphatic heterocycles. The molecule has 4 rings (SSSR count). The number of phenolic OH excluding ortho intramolecular Hbond substituents is 2. The zero-order valence-electron chi connectivity index (χ0n) is 20.4. The zero-order chi connectivity index (χ0) is 27.9. The summed E-state index contributed by atoms with van der Waals surface area (Å²) in [4.78, 5) is 37.0. The molecule has 0 aliphatic rings. The number of carbonyl (C=O) groups is 3. The van der Waals surface area contributed by atoms with Crippen molar-refractivity contribution < 1.29 is 44.3 Å². The van der Waals surface area contributed by atoms with Crippen molar-refractivity contribution in [1.29, 1.82) is 0 Å². The molecule has 2 atom stereocenters. The van der Waals surface area contributed by atoms with Crippen LogP contribution in [0.15, 0.2) is 97.1 Å². The molecule has 0 saturated carbocycles. The molecular formula is C30H24O9. The average molecular weight is 529 g/mol. The van der Waals surface area contributed by atoms with Crippen LogP contribution in [0.3, 0.4) is 0 Å². The number of ketones is 2. The summed E-state index contributed by atoms with van der Waals surface area (Å²) in [5.74, 6) is -3.09. The lowest BCUT2D eigenvalue weighted by Gasteiger charge is -2.21. The van der Waals surface area contributed by atoms with Crippen molar-refractivity contribution in [3.8, 4) is 23.0 Å². The molecular weight excluding hydrogens is 504 g/mol. The van der Waals surface area contributed by atoms with Crippen molar-refractivity contribution in [3.63, 3.8) is 0 Å². The zero-order valence-corrected chi connectivity index (χ0v) is 20.4. The average Bonchev–Trinajstić information content (AvgIpc) is 2.95. The van der Waals surface area contributed by atoms with Crippen molar-refractivity contribution in [1.82, 2.24) is 0 Å². The number of ether oxygens (including phenoxy) is 2. The van der Waals surface area contributed by atoms with Crippen molar-refractivity contribution in [2.75, 3.05) is 6.61 Å². The molecule has 4 aromatic rings. The quantitative estimate of drug-likeness (QED) is 0.213. The first kappa shape index (κ1) is 26.9. The molecule has 0 aliphatic carbocycles. The summed E-state index contributed by atoms with van der Waals surface area (Å²) in [6, 6.07) is 24.3. The van der Waals surface area contributed by atoms with Crippen LogP contribution in [-0.4, -0.2) is 56.8 Å². The van der Waals surface area contributed by atoms with E-state index < -0.39 is 42.1 Å². The van der Waals surface area contributed by atoms with E-state index in [-0.39, 0.29) is 28.4 Å². The molecule has 4 N–H and O–H groups in total. The van der Waals surface area contributed by atoms with Crippen molar-refractivity contribution in [2.45, 2.75) is 12.2 Å². The number of hydrogen-bond acceptors (Lipinski definition) is 8. The number of aliphatic hydroxyl groups excluding tert-OH is 1. The molecule has 0 aromatic heterocycles. The lowest BCUT2D eigenvalue weighted by Crippen LogP contribution is -2.42. The standard InChI is InChI=1S/C30H24O9/c31-24-15-20(11-13-22(24)27(34)18-7-3-1-4-8-18)38-17-26(33)29(30(36)37)39-21-12-14-23(25(32)16-21)28(35)19-9-5-2-6-10-19/h1-16,26,29,31-33H,17H2,(H,36,37). The van der Waals surface area contributed by atoms with Crippen LogP contribution < -0.4 is 9.47 Å². The van der Waals surface area contributed by atoms with E-state index >= 15 is 0 Å². The van der Waals surface area contributed by atoms with E-state index in [0.29, 0.717) is 11.1 Å². The van der Waals surface area contributed by atoms with E-state index in [1.54, 1.807) is 60.7 Å². The van der Waals surface area contributed by atoms with Crippen LogP contribution in [0.25, 0.3) is 0 Å². The number of rotatable bonds is 11. The Morgan fingerprint density at radius 1 is 0.667 bits per heavy atom. The molecule has 2 unspecified atom stereocenters. The summed E-state index contributed by atoms with van der Waals surface area (Å²) in [6.45, 7) is -0.529. The van der Waals surface area contributed by atoms with E-state index in [1.165, 1.54) is 30.3 Å². The number of aliphatic carboxylic acids is 1. The van der Waals surface area contributed by atoms with Gasteiger partial charge in [0.1, 0.15) is 35.7 Å². The maximum Gasteiger partial charge on any atom is 0.347 e. The highest BCUT2D eigenvalue weighted by Crippen LogP contribution is 2.28.